The van der Waals surface area contributed by atoms with Gasteiger partial charge < -0.3 is 15.9 Å². The molecule has 0 fully saturated rings. The van der Waals surface area contributed by atoms with Gasteiger partial charge in [0.15, 0.2) is 0 Å². The third kappa shape index (κ3) is 3.47. The predicted octanol–water partition coefficient (Wildman–Crippen LogP) is 2.59. The van der Waals surface area contributed by atoms with Gasteiger partial charge in [0.05, 0.1) is 0 Å². The summed E-state index contributed by atoms with van der Waals surface area (Å²) in [7, 11) is 0. The number of carboxylic acid groups (broad SMARTS) is 1. The number of rotatable bonds is 5. The molecule has 0 aromatic heterocycles. The van der Waals surface area contributed by atoms with Crippen molar-refractivity contribution in [1.82, 2.24) is 0 Å². The molecular weight excluding hydrogens is 242 g/mol. The zero-order valence-electron chi connectivity index (χ0n) is 12.0. The van der Waals surface area contributed by atoms with Crippen molar-refractivity contribution in [3.05, 3.63) is 28.8 Å². The molecule has 4 heteroatoms. The summed E-state index contributed by atoms with van der Waals surface area (Å²) in [6.45, 7) is 8.11. The molecule has 1 atom stereocenters. The van der Waals surface area contributed by atoms with Crippen LogP contribution in [0.2, 0.25) is 0 Å². The second-order valence-corrected chi connectivity index (χ2v) is 5.53. The SMILES string of the molecule is CC(C)c1c(O)ccc(C[C@H](N)C(=O)O)c1C(C)C. The summed E-state index contributed by atoms with van der Waals surface area (Å²) in [6, 6.07) is 2.49. The van der Waals surface area contributed by atoms with Crippen molar-refractivity contribution in [2.45, 2.75) is 52.0 Å². The van der Waals surface area contributed by atoms with Crippen LogP contribution < -0.4 is 5.73 Å². The molecule has 0 aliphatic rings. The number of aliphatic carboxylic acids is 1. The molecule has 0 heterocycles. The Morgan fingerprint density at radius 3 is 2.11 bits per heavy atom. The lowest BCUT2D eigenvalue weighted by atomic mass is 9.84. The standard InChI is InChI=1S/C15H23NO3/c1-8(2)13-10(7-11(16)15(18)19)5-6-12(17)14(13)9(3)4/h5-6,8-9,11,17H,7,16H2,1-4H3,(H,18,19)/t11-/m0/s1. The van der Waals surface area contributed by atoms with E-state index in [-0.39, 0.29) is 24.0 Å². The smallest absolute Gasteiger partial charge is 0.320 e. The molecule has 1 aromatic carbocycles. The Labute approximate surface area is 114 Å². The molecule has 0 bridgehead atoms. The van der Waals surface area contributed by atoms with Crippen molar-refractivity contribution in [3.8, 4) is 5.75 Å². The Morgan fingerprint density at radius 2 is 1.68 bits per heavy atom. The third-order valence-electron chi connectivity index (χ3n) is 3.27. The van der Waals surface area contributed by atoms with Crippen LogP contribution >= 0.6 is 0 Å². The highest BCUT2D eigenvalue weighted by Gasteiger charge is 2.21. The fourth-order valence-corrected chi connectivity index (χ4v) is 2.46. The number of phenols is 1. The Kier molecular flexibility index (Phi) is 4.95. The second-order valence-electron chi connectivity index (χ2n) is 5.53. The van der Waals surface area contributed by atoms with Gasteiger partial charge in [-0.1, -0.05) is 33.8 Å². The maximum atomic E-state index is 10.9. The molecule has 1 aromatic rings. The van der Waals surface area contributed by atoms with E-state index in [0.717, 1.165) is 16.7 Å². The first kappa shape index (κ1) is 15.5. The number of carboxylic acids is 1. The lowest BCUT2D eigenvalue weighted by molar-refractivity contribution is -0.138. The molecule has 19 heavy (non-hydrogen) atoms. The van der Waals surface area contributed by atoms with E-state index in [4.69, 9.17) is 10.8 Å². The first-order valence-corrected chi connectivity index (χ1v) is 6.58. The van der Waals surface area contributed by atoms with Crippen molar-refractivity contribution in [2.24, 2.45) is 5.73 Å². The highest BCUT2D eigenvalue weighted by Crippen LogP contribution is 2.36. The Hall–Kier alpha value is -1.55. The minimum absolute atomic E-state index is 0.179. The highest BCUT2D eigenvalue weighted by atomic mass is 16.4. The van der Waals surface area contributed by atoms with E-state index in [1.54, 1.807) is 12.1 Å². The van der Waals surface area contributed by atoms with Crippen LogP contribution in [0.5, 0.6) is 5.75 Å². The quantitative estimate of drug-likeness (QED) is 0.764. The first-order chi connectivity index (χ1) is 8.75. The van der Waals surface area contributed by atoms with Gasteiger partial charge in [-0.2, -0.15) is 0 Å². The molecule has 0 saturated carbocycles. The van der Waals surface area contributed by atoms with Gasteiger partial charge in [-0.15, -0.1) is 0 Å². The second kappa shape index (κ2) is 6.06. The van der Waals surface area contributed by atoms with Crippen LogP contribution in [0.25, 0.3) is 0 Å². The fraction of sp³-hybridized carbons (Fsp3) is 0.533. The third-order valence-corrected chi connectivity index (χ3v) is 3.27. The van der Waals surface area contributed by atoms with Crippen molar-refractivity contribution < 1.29 is 15.0 Å². The van der Waals surface area contributed by atoms with Gasteiger partial charge in [-0.3, -0.25) is 4.79 Å². The monoisotopic (exact) mass is 265 g/mol. The van der Waals surface area contributed by atoms with E-state index >= 15 is 0 Å². The molecule has 4 N–H and O–H groups in total. The Balaban J connectivity index is 3.32. The lowest BCUT2D eigenvalue weighted by Gasteiger charge is -2.22. The van der Waals surface area contributed by atoms with Crippen LogP contribution in [-0.2, 0) is 11.2 Å². The molecule has 0 radical (unpaired) electrons. The van der Waals surface area contributed by atoms with E-state index < -0.39 is 12.0 Å². The topological polar surface area (TPSA) is 83.5 Å². The summed E-state index contributed by atoms with van der Waals surface area (Å²) in [5, 5.41) is 19.0. The fourth-order valence-electron chi connectivity index (χ4n) is 2.46. The molecule has 0 spiro atoms. The van der Waals surface area contributed by atoms with Crippen molar-refractivity contribution in [1.29, 1.82) is 0 Å². The summed E-state index contributed by atoms with van der Waals surface area (Å²) < 4.78 is 0. The van der Waals surface area contributed by atoms with Gasteiger partial charge in [0, 0.05) is 5.56 Å². The van der Waals surface area contributed by atoms with Crippen LogP contribution in [0.15, 0.2) is 12.1 Å². The lowest BCUT2D eigenvalue weighted by Crippen LogP contribution is -2.32. The Bertz CT molecular complexity index is 467. The first-order valence-electron chi connectivity index (χ1n) is 6.58. The number of phenolic OH excluding ortho intramolecular Hbond substituents is 1. The summed E-state index contributed by atoms with van der Waals surface area (Å²) in [4.78, 5) is 10.9. The van der Waals surface area contributed by atoms with Gasteiger partial charge >= 0.3 is 5.97 Å². The molecule has 1 rings (SSSR count). The minimum atomic E-state index is -1.01. The van der Waals surface area contributed by atoms with Gasteiger partial charge in [-0.05, 0) is 35.4 Å². The van der Waals surface area contributed by atoms with Crippen LogP contribution in [0.3, 0.4) is 0 Å². The molecule has 0 unspecified atom stereocenters. The van der Waals surface area contributed by atoms with Crippen molar-refractivity contribution in [2.75, 3.05) is 0 Å². The molecule has 0 amide bonds. The number of aromatic hydroxyl groups is 1. The van der Waals surface area contributed by atoms with E-state index in [2.05, 4.69) is 0 Å². The molecule has 0 saturated heterocycles. The van der Waals surface area contributed by atoms with Crippen molar-refractivity contribution >= 4 is 5.97 Å². The summed E-state index contributed by atoms with van der Waals surface area (Å²) >= 11 is 0. The number of carbonyl (C=O) groups is 1. The van der Waals surface area contributed by atoms with Crippen LogP contribution in [-0.4, -0.2) is 22.2 Å². The summed E-state index contributed by atoms with van der Waals surface area (Å²) in [5.74, 6) is -0.348. The van der Waals surface area contributed by atoms with Crippen LogP contribution in [0.1, 0.15) is 56.2 Å². The van der Waals surface area contributed by atoms with Gasteiger partial charge in [0.1, 0.15) is 11.8 Å². The molecule has 0 aliphatic heterocycles. The van der Waals surface area contributed by atoms with Crippen molar-refractivity contribution in [3.63, 3.8) is 0 Å². The van der Waals surface area contributed by atoms with E-state index in [0.29, 0.717) is 0 Å². The maximum Gasteiger partial charge on any atom is 0.320 e. The predicted molar refractivity (Wildman–Crippen MR) is 75.6 cm³/mol. The number of nitrogens with two attached hydrogens (primary N) is 1. The van der Waals surface area contributed by atoms with E-state index in [1.165, 1.54) is 0 Å². The van der Waals surface area contributed by atoms with E-state index in [1.807, 2.05) is 27.7 Å². The van der Waals surface area contributed by atoms with Crippen LogP contribution in [0, 0.1) is 0 Å². The number of hydrogen-bond donors (Lipinski definition) is 3. The average molecular weight is 265 g/mol. The summed E-state index contributed by atoms with van der Waals surface area (Å²) in [6.07, 6.45) is 0.281. The minimum Gasteiger partial charge on any atom is -0.508 e. The normalized spacial score (nSPS) is 13.0. The zero-order chi connectivity index (χ0) is 14.7. The van der Waals surface area contributed by atoms with Gasteiger partial charge in [-0.25, -0.2) is 0 Å². The Morgan fingerprint density at radius 1 is 1.16 bits per heavy atom. The molecule has 4 nitrogen and oxygen atoms in total. The van der Waals surface area contributed by atoms with Gasteiger partial charge in [0.2, 0.25) is 0 Å². The molecule has 106 valence electrons. The highest BCUT2D eigenvalue weighted by molar-refractivity contribution is 5.73. The van der Waals surface area contributed by atoms with Gasteiger partial charge in [0.25, 0.3) is 0 Å². The van der Waals surface area contributed by atoms with Crippen LogP contribution in [0.4, 0.5) is 0 Å². The van der Waals surface area contributed by atoms with E-state index in [9.17, 15) is 9.90 Å². The average Bonchev–Trinajstić information content (AvgIpc) is 2.29. The zero-order valence-corrected chi connectivity index (χ0v) is 12.0. The maximum absolute atomic E-state index is 10.9. The molecular formula is C15H23NO3. The summed E-state index contributed by atoms with van der Waals surface area (Å²) in [5.41, 5.74) is 8.44. The largest absolute Gasteiger partial charge is 0.508 e. The number of benzene rings is 1. The molecule has 0 aliphatic carbocycles. The number of hydrogen-bond acceptors (Lipinski definition) is 3.